The number of thiazole rings is 4. The lowest BCUT2D eigenvalue weighted by Crippen LogP contribution is -2.52. The highest BCUT2D eigenvalue weighted by atomic mass is 32.2. The minimum absolute atomic E-state index is 0.0461. The Bertz CT molecular complexity index is 5950. The van der Waals surface area contributed by atoms with Gasteiger partial charge in [0.2, 0.25) is 0 Å². The predicted octanol–water partition coefficient (Wildman–Crippen LogP) is 16.2. The number of hydrogen-bond donors (Lipinski definition) is 4. The summed E-state index contributed by atoms with van der Waals surface area (Å²) in [5.41, 5.74) is 20.1. The highest BCUT2D eigenvalue weighted by Crippen LogP contribution is 2.42. The lowest BCUT2D eigenvalue weighted by Gasteiger charge is -2.41. The molecule has 8 saturated heterocycles. The maximum atomic E-state index is 12.8. The first-order chi connectivity index (χ1) is 59.6. The number of likely N-dealkylation sites (tertiary alicyclic amines) is 4. The Hall–Kier alpha value is -10.9. The molecule has 12 heterocycles. The van der Waals surface area contributed by atoms with Crippen molar-refractivity contribution in [3.8, 4) is 12.1 Å². The van der Waals surface area contributed by atoms with E-state index in [4.69, 9.17) is 10.5 Å². The van der Waals surface area contributed by atoms with Gasteiger partial charge in [0, 0.05) is 112 Å². The van der Waals surface area contributed by atoms with Crippen LogP contribution in [0.2, 0.25) is 0 Å². The molecule has 124 heavy (non-hydrogen) atoms. The van der Waals surface area contributed by atoms with E-state index in [9.17, 15) is 36.0 Å². The molecule has 4 aromatic heterocycles. The molecule has 0 saturated carbocycles. The minimum Gasteiger partial charge on any atom is -0.330 e. The molecular weight excluding hydrogens is 1680 g/mol. The van der Waals surface area contributed by atoms with Gasteiger partial charge in [-0.15, -0.1) is 45.3 Å². The molecule has 4 N–H and O–H groups in total. The molecule has 0 aliphatic carbocycles. The number of hydrogen-bond acceptors (Lipinski definition) is 22. The topological polar surface area (TPSA) is 310 Å². The van der Waals surface area contributed by atoms with Crippen LogP contribution >= 0.6 is 45.3 Å². The number of piperidine rings is 4. The predicted molar refractivity (Wildman–Crippen MR) is 491 cm³/mol. The number of anilines is 4. The molecule has 8 amide bonds. The zero-order valence-corrected chi connectivity index (χ0v) is 74.8. The zero-order valence-electron chi connectivity index (χ0n) is 69.9. The van der Waals surface area contributed by atoms with Crippen LogP contribution in [-0.4, -0.2) is 194 Å². The molecule has 8 aromatic carbocycles. The molecule has 0 radical (unpaired) electrons. The summed E-state index contributed by atoms with van der Waals surface area (Å²) in [4.78, 5) is 86.0. The van der Waals surface area contributed by atoms with Crippen LogP contribution in [-0.2, 0) is 19.7 Å². The van der Waals surface area contributed by atoms with Crippen molar-refractivity contribution < 1.29 is 36.0 Å². The van der Waals surface area contributed by atoms with Crippen molar-refractivity contribution in [1.29, 1.82) is 10.5 Å². The fraction of sp³-hybridized carbons (Fsp3) is 0.370. The normalized spacial score (nSPS) is 19.9. The highest BCUT2D eigenvalue weighted by Gasteiger charge is 2.50. The molecular formula is C92H98N18O8S6. The van der Waals surface area contributed by atoms with Gasteiger partial charge in [0.25, 0.3) is 0 Å². The van der Waals surface area contributed by atoms with E-state index in [0.717, 1.165) is 137 Å². The molecule has 8 aliphatic rings. The maximum Gasteiger partial charge on any atom is 0.322 e. The van der Waals surface area contributed by atoms with Crippen LogP contribution < -0.4 is 40.9 Å². The largest absolute Gasteiger partial charge is 0.330 e. The van der Waals surface area contributed by atoms with Crippen LogP contribution in [0.3, 0.4) is 0 Å². The van der Waals surface area contributed by atoms with E-state index in [1.165, 1.54) is 53.6 Å². The van der Waals surface area contributed by atoms with Crippen molar-refractivity contribution in [3.63, 3.8) is 0 Å². The summed E-state index contributed by atoms with van der Waals surface area (Å²) in [6.45, 7) is 18.7. The standard InChI is InChI=1S/2C23H23N5OS.2C23H26N4O3S2/c2*1-16(18-4-7-21-20(12-18)25-15-30-21)27-10-8-23(9-11-27)14-28(22(29)26-23)19-5-2-17(13-24)3-6-19;2*1-16(17-6-7-21-20(12-17)24-15-31-21)26-10-8-23(9-11-26)14-27(22(28)25-23)18-4-3-5-19(13-18)32(2,29)30/h2*2-7,12,15-16H,8-11,14H2,1H3,(H,26,29);2*3-7,12-13,15-16H,8-11,14H2,1-2H3,(H,25,28)/t4*16-/m1010/s1. The molecule has 640 valence electrons. The average Bonchev–Trinajstić information content (AvgIpc) is 1.63. The summed E-state index contributed by atoms with van der Waals surface area (Å²) in [7, 11) is -6.66. The van der Waals surface area contributed by atoms with Gasteiger partial charge in [-0.05, 0) is 235 Å². The molecule has 0 unspecified atom stereocenters. The SMILES string of the molecule is C[C@@H](c1ccc2scnc2c1)N1CCC2(CC1)CN(c1ccc(C#N)cc1)C(=O)N2.C[C@@H](c1ccc2scnc2c1)N1CCC2(CC1)CN(c1cccc(S(C)(=O)=O)c1)C(=O)N2.C[C@H](c1ccc2scnc2c1)N1CCC2(CC1)CN(c1ccc(C#N)cc1)C(=O)N2.C[C@H](c1ccc2scnc2c1)N1CCC2(CC1)CN(c1cccc(S(C)(=O)=O)c1)C(=O)N2. The molecule has 8 aliphatic heterocycles. The highest BCUT2D eigenvalue weighted by molar-refractivity contribution is 7.91. The summed E-state index contributed by atoms with van der Waals surface area (Å²) in [6.07, 6.45) is 9.47. The van der Waals surface area contributed by atoms with Crippen molar-refractivity contribution >= 4 is 153 Å². The summed E-state index contributed by atoms with van der Waals surface area (Å²) in [6, 6.07) is 58.9. The van der Waals surface area contributed by atoms with Gasteiger partial charge in [-0.2, -0.15) is 10.5 Å². The lowest BCUT2D eigenvalue weighted by atomic mass is 9.87. The van der Waals surface area contributed by atoms with Crippen molar-refractivity contribution in [2.24, 2.45) is 0 Å². The zero-order chi connectivity index (χ0) is 86.5. The van der Waals surface area contributed by atoms with Crippen molar-refractivity contribution in [2.45, 2.75) is 135 Å². The quantitative estimate of drug-likeness (QED) is 0.0786. The number of nitrogens with one attached hydrogen (secondary N) is 4. The van der Waals surface area contributed by atoms with Gasteiger partial charge in [0.15, 0.2) is 19.7 Å². The Morgan fingerprint density at radius 1 is 0.339 bits per heavy atom. The fourth-order valence-electron chi connectivity index (χ4n) is 18.7. The smallest absolute Gasteiger partial charge is 0.322 e. The first-order valence-corrected chi connectivity index (χ1v) is 49.2. The number of amides is 8. The van der Waals surface area contributed by atoms with Gasteiger partial charge in [0.05, 0.1) is 144 Å². The van der Waals surface area contributed by atoms with E-state index in [-0.39, 0.29) is 68.2 Å². The number of aromatic nitrogens is 4. The second-order valence-corrected chi connectivity index (χ2v) is 41.8. The first-order valence-electron chi connectivity index (χ1n) is 41.9. The number of carbonyl (C=O) groups is 4. The van der Waals surface area contributed by atoms with Gasteiger partial charge >= 0.3 is 24.1 Å². The van der Waals surface area contributed by atoms with Crippen LogP contribution in [0.1, 0.15) is 137 Å². The van der Waals surface area contributed by atoms with Gasteiger partial charge in [-0.3, -0.25) is 39.2 Å². The third-order valence-electron chi connectivity index (χ3n) is 26.6. The number of sulfone groups is 2. The molecule has 12 aromatic rings. The summed E-state index contributed by atoms with van der Waals surface area (Å²) in [5.74, 6) is 0. The summed E-state index contributed by atoms with van der Waals surface area (Å²) in [5, 5.41) is 30.9. The van der Waals surface area contributed by atoms with E-state index in [2.05, 4.69) is 173 Å². The van der Waals surface area contributed by atoms with E-state index < -0.39 is 19.7 Å². The minimum atomic E-state index is -3.33. The number of urea groups is 4. The van der Waals surface area contributed by atoms with Crippen LogP contribution in [0.15, 0.2) is 202 Å². The van der Waals surface area contributed by atoms with Crippen LogP contribution in [0.25, 0.3) is 40.9 Å². The number of nitrogens with zero attached hydrogens (tertiary/aromatic N) is 14. The number of carbonyl (C=O) groups excluding carboxylic acids is 4. The lowest BCUT2D eigenvalue weighted by molar-refractivity contribution is 0.121. The average molecular weight is 1780 g/mol. The number of fused-ring (bicyclic) bond motifs is 4. The van der Waals surface area contributed by atoms with Gasteiger partial charge in [0.1, 0.15) is 0 Å². The molecule has 32 heteroatoms. The maximum absolute atomic E-state index is 12.8. The Morgan fingerprint density at radius 2 is 0.581 bits per heavy atom. The number of benzene rings is 8. The third-order valence-corrected chi connectivity index (χ3v) is 32.1. The van der Waals surface area contributed by atoms with E-state index in [0.29, 0.717) is 60.8 Å². The molecule has 0 bridgehead atoms. The van der Waals surface area contributed by atoms with Gasteiger partial charge in [-0.25, -0.2) is 55.9 Å². The van der Waals surface area contributed by atoms with Gasteiger partial charge < -0.3 is 21.3 Å². The van der Waals surface area contributed by atoms with Crippen molar-refractivity contribution in [3.05, 3.63) is 225 Å². The summed E-state index contributed by atoms with van der Waals surface area (Å²) < 4.78 is 52.5. The number of nitriles is 2. The fourth-order valence-corrected chi connectivity index (χ4v) is 22.7. The Labute approximate surface area is 738 Å². The second-order valence-electron chi connectivity index (χ2n) is 34.2. The van der Waals surface area contributed by atoms with Crippen molar-refractivity contribution in [2.75, 3.05) is 111 Å². The summed E-state index contributed by atoms with van der Waals surface area (Å²) >= 11 is 6.65. The van der Waals surface area contributed by atoms with Crippen molar-refractivity contribution in [1.82, 2.24) is 60.8 Å². The van der Waals surface area contributed by atoms with Gasteiger partial charge in [-0.1, -0.05) is 36.4 Å². The second kappa shape index (κ2) is 34.9. The molecule has 20 rings (SSSR count). The first kappa shape index (κ1) is 85.3. The van der Waals surface area contributed by atoms with Crippen LogP contribution in [0.4, 0.5) is 41.9 Å². The Kier molecular flexibility index (Phi) is 24.0. The van der Waals surface area contributed by atoms with Crippen LogP contribution in [0, 0.1) is 22.7 Å². The Balaban J connectivity index is 0.000000117. The molecule has 8 fully saturated rings. The Morgan fingerprint density at radius 3 is 0.815 bits per heavy atom. The molecule has 4 spiro atoms. The third kappa shape index (κ3) is 18.1. The van der Waals surface area contributed by atoms with E-state index in [1.807, 2.05) is 46.3 Å². The molecule has 26 nitrogen and oxygen atoms in total. The van der Waals surface area contributed by atoms with E-state index in [1.54, 1.807) is 138 Å². The van der Waals surface area contributed by atoms with E-state index >= 15 is 0 Å². The molecule has 4 atom stereocenters. The number of rotatable bonds is 14. The van der Waals surface area contributed by atoms with Crippen LogP contribution in [0.5, 0.6) is 0 Å². The monoisotopic (exact) mass is 1770 g/mol.